The first-order chi connectivity index (χ1) is 14.6. The van der Waals surface area contributed by atoms with Gasteiger partial charge in [-0.25, -0.2) is 0 Å². The van der Waals surface area contributed by atoms with Crippen LogP contribution in [0.1, 0.15) is 16.6 Å². The number of anilines is 3. The summed E-state index contributed by atoms with van der Waals surface area (Å²) in [5.74, 6) is -0.323. The van der Waals surface area contributed by atoms with Crippen molar-refractivity contribution in [3.63, 3.8) is 0 Å². The second kappa shape index (κ2) is 9.11. The molecule has 2 amide bonds. The predicted octanol–water partition coefficient (Wildman–Crippen LogP) is 4.46. The van der Waals surface area contributed by atoms with Gasteiger partial charge in [0.2, 0.25) is 5.91 Å². The van der Waals surface area contributed by atoms with E-state index in [1.165, 1.54) is 18.3 Å². The molecule has 30 heavy (non-hydrogen) atoms. The summed E-state index contributed by atoms with van der Waals surface area (Å²) in [5, 5.41) is 6.76. The molecule has 1 aliphatic heterocycles. The van der Waals surface area contributed by atoms with Crippen molar-refractivity contribution >= 4 is 39.5 Å². The summed E-state index contributed by atoms with van der Waals surface area (Å²) in [4.78, 5) is 27.2. The number of morpholine rings is 1. The maximum atomic E-state index is 13.0. The standard InChI is InChI=1S/C23H23N3O3S/c1-16(27)24-18-8-5-9-19(14-18)25-22(28)21-15-20(17-6-3-2-4-7-17)23(30-21)26-10-12-29-13-11-26/h2-9,14-15H,10-13H2,1H3,(H,24,27)(H,25,28). The molecule has 7 heteroatoms. The van der Waals surface area contributed by atoms with E-state index in [1.807, 2.05) is 24.3 Å². The number of ether oxygens (including phenoxy) is 1. The van der Waals surface area contributed by atoms with Crippen molar-refractivity contribution in [2.45, 2.75) is 6.92 Å². The molecule has 1 aromatic heterocycles. The highest BCUT2D eigenvalue weighted by atomic mass is 32.1. The van der Waals surface area contributed by atoms with Crippen molar-refractivity contribution in [1.82, 2.24) is 0 Å². The summed E-state index contributed by atoms with van der Waals surface area (Å²) in [6, 6.07) is 19.2. The second-order valence-corrected chi connectivity index (χ2v) is 8.04. The van der Waals surface area contributed by atoms with Crippen LogP contribution in [0.5, 0.6) is 0 Å². The van der Waals surface area contributed by atoms with E-state index in [0.29, 0.717) is 29.5 Å². The van der Waals surface area contributed by atoms with Crippen molar-refractivity contribution in [2.75, 3.05) is 41.8 Å². The first kappa shape index (κ1) is 20.1. The molecule has 2 heterocycles. The van der Waals surface area contributed by atoms with Crippen LogP contribution in [0.2, 0.25) is 0 Å². The monoisotopic (exact) mass is 421 g/mol. The largest absolute Gasteiger partial charge is 0.378 e. The molecule has 0 aliphatic carbocycles. The minimum Gasteiger partial charge on any atom is -0.378 e. The maximum absolute atomic E-state index is 13.0. The van der Waals surface area contributed by atoms with E-state index in [2.05, 4.69) is 27.7 Å². The summed E-state index contributed by atoms with van der Waals surface area (Å²) in [7, 11) is 0. The van der Waals surface area contributed by atoms with Gasteiger partial charge in [-0.2, -0.15) is 0 Å². The Morgan fingerprint density at radius 3 is 2.33 bits per heavy atom. The third-order valence-corrected chi connectivity index (χ3v) is 5.95. The Morgan fingerprint density at radius 1 is 0.933 bits per heavy atom. The smallest absolute Gasteiger partial charge is 0.265 e. The lowest BCUT2D eigenvalue weighted by molar-refractivity contribution is -0.114. The zero-order valence-electron chi connectivity index (χ0n) is 16.7. The molecule has 4 rings (SSSR count). The Labute approximate surface area is 179 Å². The Hall–Kier alpha value is -3.16. The summed E-state index contributed by atoms with van der Waals surface area (Å²) in [5.41, 5.74) is 3.42. The molecule has 2 N–H and O–H groups in total. The highest BCUT2D eigenvalue weighted by Crippen LogP contribution is 2.39. The molecule has 1 aliphatic rings. The number of hydrogen-bond donors (Lipinski definition) is 2. The van der Waals surface area contributed by atoms with Gasteiger partial charge < -0.3 is 20.3 Å². The number of carbonyl (C=O) groups excluding carboxylic acids is 2. The van der Waals surface area contributed by atoms with Crippen LogP contribution in [0.4, 0.5) is 16.4 Å². The van der Waals surface area contributed by atoms with Gasteiger partial charge in [0.1, 0.15) is 0 Å². The Kier molecular flexibility index (Phi) is 6.11. The van der Waals surface area contributed by atoms with E-state index < -0.39 is 0 Å². The molecule has 0 saturated carbocycles. The molecule has 1 fully saturated rings. The zero-order chi connectivity index (χ0) is 20.9. The number of nitrogens with zero attached hydrogens (tertiary/aromatic N) is 1. The molecular formula is C23H23N3O3S. The van der Waals surface area contributed by atoms with Crippen LogP contribution in [-0.2, 0) is 9.53 Å². The molecule has 0 bridgehead atoms. The van der Waals surface area contributed by atoms with Gasteiger partial charge >= 0.3 is 0 Å². The van der Waals surface area contributed by atoms with E-state index in [0.717, 1.165) is 29.2 Å². The van der Waals surface area contributed by atoms with Gasteiger partial charge in [0, 0.05) is 37.0 Å². The van der Waals surface area contributed by atoms with E-state index in [-0.39, 0.29) is 11.8 Å². The molecular weight excluding hydrogens is 398 g/mol. The fraction of sp³-hybridized carbons (Fsp3) is 0.217. The number of benzene rings is 2. The molecule has 2 aromatic carbocycles. The van der Waals surface area contributed by atoms with E-state index in [9.17, 15) is 9.59 Å². The highest BCUT2D eigenvalue weighted by molar-refractivity contribution is 7.18. The summed E-state index contributed by atoms with van der Waals surface area (Å²) >= 11 is 1.49. The lowest BCUT2D eigenvalue weighted by Crippen LogP contribution is -2.35. The first-order valence-corrected chi connectivity index (χ1v) is 10.6. The van der Waals surface area contributed by atoms with Crippen LogP contribution in [-0.4, -0.2) is 38.1 Å². The molecule has 3 aromatic rings. The summed E-state index contributed by atoms with van der Waals surface area (Å²) in [6.07, 6.45) is 0. The maximum Gasteiger partial charge on any atom is 0.265 e. The van der Waals surface area contributed by atoms with Crippen molar-refractivity contribution in [1.29, 1.82) is 0 Å². The van der Waals surface area contributed by atoms with E-state index >= 15 is 0 Å². The fourth-order valence-electron chi connectivity index (χ4n) is 3.39. The Morgan fingerprint density at radius 2 is 1.63 bits per heavy atom. The number of nitrogens with one attached hydrogen (secondary N) is 2. The average Bonchev–Trinajstić information content (AvgIpc) is 3.20. The van der Waals surface area contributed by atoms with Crippen LogP contribution >= 0.6 is 11.3 Å². The molecule has 0 unspecified atom stereocenters. The number of amides is 2. The molecule has 0 atom stereocenters. The van der Waals surface area contributed by atoms with Gasteiger partial charge in [0.15, 0.2) is 0 Å². The number of rotatable bonds is 5. The predicted molar refractivity (Wildman–Crippen MR) is 121 cm³/mol. The summed E-state index contributed by atoms with van der Waals surface area (Å²) in [6.45, 7) is 4.43. The molecule has 1 saturated heterocycles. The molecule has 0 spiro atoms. The van der Waals surface area contributed by atoms with Crippen LogP contribution in [0, 0.1) is 0 Å². The van der Waals surface area contributed by atoms with Crippen LogP contribution < -0.4 is 15.5 Å². The highest BCUT2D eigenvalue weighted by Gasteiger charge is 2.22. The molecule has 6 nitrogen and oxygen atoms in total. The van der Waals surface area contributed by atoms with Crippen molar-refractivity contribution in [3.8, 4) is 11.1 Å². The molecule has 0 radical (unpaired) electrons. The second-order valence-electron chi connectivity index (χ2n) is 7.01. The van der Waals surface area contributed by atoms with E-state index in [4.69, 9.17) is 4.74 Å². The Balaban J connectivity index is 1.61. The van der Waals surface area contributed by atoms with Gasteiger partial charge in [-0.3, -0.25) is 9.59 Å². The minimum absolute atomic E-state index is 0.153. The number of hydrogen-bond acceptors (Lipinski definition) is 5. The SMILES string of the molecule is CC(=O)Nc1cccc(NC(=O)c2cc(-c3ccccc3)c(N3CCOCC3)s2)c1. The third kappa shape index (κ3) is 4.69. The lowest BCUT2D eigenvalue weighted by atomic mass is 10.1. The third-order valence-electron chi connectivity index (χ3n) is 4.76. The van der Waals surface area contributed by atoms with Crippen molar-refractivity contribution < 1.29 is 14.3 Å². The summed E-state index contributed by atoms with van der Waals surface area (Å²) < 4.78 is 5.49. The van der Waals surface area contributed by atoms with Gasteiger partial charge in [-0.15, -0.1) is 11.3 Å². The van der Waals surface area contributed by atoms with Crippen molar-refractivity contribution in [2.24, 2.45) is 0 Å². The lowest BCUT2D eigenvalue weighted by Gasteiger charge is -2.28. The minimum atomic E-state index is -0.170. The first-order valence-electron chi connectivity index (χ1n) is 9.81. The normalized spacial score (nSPS) is 13.7. The average molecular weight is 422 g/mol. The van der Waals surface area contributed by atoms with Crippen LogP contribution in [0.25, 0.3) is 11.1 Å². The quantitative estimate of drug-likeness (QED) is 0.638. The van der Waals surface area contributed by atoms with Gasteiger partial charge in [-0.05, 0) is 29.8 Å². The fourth-order valence-corrected chi connectivity index (χ4v) is 4.52. The zero-order valence-corrected chi connectivity index (χ0v) is 17.5. The van der Waals surface area contributed by atoms with E-state index in [1.54, 1.807) is 24.3 Å². The van der Waals surface area contributed by atoms with Gasteiger partial charge in [0.05, 0.1) is 23.1 Å². The van der Waals surface area contributed by atoms with Crippen LogP contribution in [0.15, 0.2) is 60.7 Å². The Bertz CT molecular complexity index is 1040. The number of thiophene rings is 1. The molecule has 154 valence electrons. The van der Waals surface area contributed by atoms with Crippen molar-refractivity contribution in [3.05, 3.63) is 65.5 Å². The van der Waals surface area contributed by atoms with Gasteiger partial charge in [-0.1, -0.05) is 36.4 Å². The van der Waals surface area contributed by atoms with Crippen LogP contribution in [0.3, 0.4) is 0 Å². The van der Waals surface area contributed by atoms with Gasteiger partial charge in [0.25, 0.3) is 5.91 Å². The number of carbonyl (C=O) groups is 2. The topological polar surface area (TPSA) is 70.7 Å².